The number of thiophene rings is 1. The van der Waals surface area contributed by atoms with Crippen LogP contribution >= 0.6 is 11.3 Å². The largest absolute Gasteiger partial charge is 0.234 e. The van der Waals surface area contributed by atoms with Crippen molar-refractivity contribution in [1.29, 1.82) is 0 Å². The quantitative estimate of drug-likeness (QED) is 0.248. The zero-order valence-corrected chi connectivity index (χ0v) is 11.1. The van der Waals surface area contributed by atoms with E-state index in [9.17, 15) is 17.6 Å². The fourth-order valence-electron chi connectivity index (χ4n) is 2.40. The monoisotopic (exact) mass is 307 g/mol. The molecule has 21 heavy (non-hydrogen) atoms. The molecule has 0 spiro atoms. The lowest BCUT2D eigenvalue weighted by molar-refractivity contribution is 0.417. The summed E-state index contributed by atoms with van der Waals surface area (Å²) < 4.78 is 55.2. The molecule has 2 heterocycles. The summed E-state index contributed by atoms with van der Waals surface area (Å²) >= 11 is 1.28. The predicted molar refractivity (Wildman–Crippen MR) is 74.5 cm³/mol. The second kappa shape index (κ2) is 4.14. The van der Waals surface area contributed by atoms with Crippen LogP contribution in [0.1, 0.15) is 0 Å². The van der Waals surface area contributed by atoms with Crippen molar-refractivity contribution in [2.24, 2.45) is 0 Å². The van der Waals surface area contributed by atoms with E-state index in [4.69, 9.17) is 0 Å². The van der Waals surface area contributed by atoms with Gasteiger partial charge >= 0.3 is 0 Å². The van der Waals surface area contributed by atoms with Crippen molar-refractivity contribution >= 4 is 42.5 Å². The van der Waals surface area contributed by atoms with Crippen molar-refractivity contribution in [2.75, 3.05) is 0 Å². The van der Waals surface area contributed by atoms with Crippen LogP contribution in [0.25, 0.3) is 31.2 Å². The van der Waals surface area contributed by atoms with Gasteiger partial charge in [-0.3, -0.25) is 0 Å². The lowest BCUT2D eigenvalue weighted by Gasteiger charge is -2.04. The Morgan fingerprint density at radius 1 is 0.762 bits per heavy atom. The highest BCUT2D eigenvalue weighted by Gasteiger charge is 2.22. The average Bonchev–Trinajstić information content (AvgIpc) is 2.87. The molecule has 0 amide bonds. The molecule has 0 fully saturated rings. The first-order valence-corrected chi connectivity index (χ1v) is 6.83. The lowest BCUT2D eigenvalue weighted by atomic mass is 10.1. The number of nitrogens with zero attached hydrogens (tertiary/aromatic N) is 1. The van der Waals surface area contributed by atoms with Gasteiger partial charge in [-0.05, 0) is 12.1 Å². The normalized spacial score (nSPS) is 11.8. The summed E-state index contributed by atoms with van der Waals surface area (Å²) in [5.74, 6) is -6.55. The molecule has 2 aromatic carbocycles. The topological polar surface area (TPSA) is 12.9 Å². The van der Waals surface area contributed by atoms with Crippen LogP contribution in [0, 0.1) is 23.3 Å². The van der Waals surface area contributed by atoms with Gasteiger partial charge in [0.2, 0.25) is 0 Å². The SMILES string of the molecule is Fc1c(F)c(F)c2nc3sc4ccccc4c3cc2c1F. The third kappa shape index (κ3) is 1.59. The van der Waals surface area contributed by atoms with Crippen LogP contribution in [-0.2, 0) is 0 Å². The maximum Gasteiger partial charge on any atom is 0.199 e. The molecule has 0 radical (unpaired) electrons. The van der Waals surface area contributed by atoms with Crippen molar-refractivity contribution < 1.29 is 17.6 Å². The van der Waals surface area contributed by atoms with Crippen LogP contribution in [0.2, 0.25) is 0 Å². The minimum atomic E-state index is -1.84. The molecular formula is C15H5F4NS. The zero-order valence-electron chi connectivity index (χ0n) is 10.3. The molecule has 0 atom stereocenters. The van der Waals surface area contributed by atoms with Gasteiger partial charge in [0.15, 0.2) is 23.3 Å². The molecule has 4 aromatic rings. The summed E-state index contributed by atoms with van der Waals surface area (Å²) in [5.41, 5.74) is -0.495. The molecule has 1 nitrogen and oxygen atoms in total. The van der Waals surface area contributed by atoms with Crippen LogP contribution in [0.4, 0.5) is 17.6 Å². The minimum Gasteiger partial charge on any atom is -0.234 e. The molecule has 0 N–H and O–H groups in total. The number of hydrogen-bond donors (Lipinski definition) is 0. The van der Waals surface area contributed by atoms with E-state index in [1.807, 2.05) is 18.2 Å². The number of halogens is 4. The molecule has 6 heteroatoms. The van der Waals surface area contributed by atoms with E-state index in [1.165, 1.54) is 17.4 Å². The van der Waals surface area contributed by atoms with Crippen molar-refractivity contribution in [1.82, 2.24) is 4.98 Å². The van der Waals surface area contributed by atoms with Crippen molar-refractivity contribution in [3.05, 3.63) is 53.6 Å². The molecule has 0 unspecified atom stereocenters. The first-order chi connectivity index (χ1) is 10.1. The summed E-state index contributed by atoms with van der Waals surface area (Å²) in [6, 6.07) is 8.62. The number of rotatable bonds is 0. The molecule has 0 bridgehead atoms. The zero-order chi connectivity index (χ0) is 14.7. The smallest absolute Gasteiger partial charge is 0.199 e. The van der Waals surface area contributed by atoms with E-state index >= 15 is 0 Å². The van der Waals surface area contributed by atoms with Gasteiger partial charge in [-0.15, -0.1) is 11.3 Å². The number of hydrogen-bond acceptors (Lipinski definition) is 2. The molecule has 0 aliphatic heterocycles. The lowest BCUT2D eigenvalue weighted by Crippen LogP contribution is -1.99. The fourth-order valence-corrected chi connectivity index (χ4v) is 3.46. The predicted octanol–water partition coefficient (Wildman–Crippen LogP) is 5.16. The highest BCUT2D eigenvalue weighted by Crippen LogP contribution is 2.36. The second-order valence-corrected chi connectivity index (χ2v) is 5.62. The summed E-state index contributed by atoms with van der Waals surface area (Å²) in [5, 5.41) is 1.05. The Balaban J connectivity index is 2.28. The Hall–Kier alpha value is -2.21. The first kappa shape index (κ1) is 12.5. The number of pyridine rings is 1. The number of aromatic nitrogens is 1. The summed E-state index contributed by atoms with van der Waals surface area (Å²) in [4.78, 5) is 4.43. The van der Waals surface area contributed by atoms with Crippen LogP contribution in [-0.4, -0.2) is 4.98 Å². The van der Waals surface area contributed by atoms with Gasteiger partial charge in [-0.1, -0.05) is 18.2 Å². The van der Waals surface area contributed by atoms with E-state index in [2.05, 4.69) is 4.98 Å². The average molecular weight is 307 g/mol. The molecule has 0 aliphatic rings. The highest BCUT2D eigenvalue weighted by atomic mass is 32.1. The minimum absolute atomic E-state index is 0.359. The Labute approximate surface area is 119 Å². The third-order valence-electron chi connectivity index (χ3n) is 3.39. The molecule has 4 rings (SSSR count). The Kier molecular flexibility index (Phi) is 2.47. The molecule has 0 saturated carbocycles. The first-order valence-electron chi connectivity index (χ1n) is 6.02. The summed E-state index contributed by atoms with van der Waals surface area (Å²) in [6.45, 7) is 0. The maximum atomic E-state index is 13.9. The van der Waals surface area contributed by atoms with Gasteiger partial charge in [-0.2, -0.15) is 0 Å². The van der Waals surface area contributed by atoms with Crippen molar-refractivity contribution in [3.8, 4) is 0 Å². The van der Waals surface area contributed by atoms with Crippen molar-refractivity contribution in [2.45, 2.75) is 0 Å². The van der Waals surface area contributed by atoms with Gasteiger partial charge in [-0.25, -0.2) is 22.5 Å². The molecule has 104 valence electrons. The van der Waals surface area contributed by atoms with Crippen LogP contribution in [0.5, 0.6) is 0 Å². The van der Waals surface area contributed by atoms with Crippen LogP contribution in [0.3, 0.4) is 0 Å². The summed E-state index contributed by atoms with van der Waals surface area (Å²) in [7, 11) is 0. The standard InChI is InChI=1S/C15H5F4NS/c16-10-8-5-7-6-3-1-2-4-9(6)21-15(7)20-14(8)13(19)12(18)11(10)17/h1-5H. The maximum absolute atomic E-state index is 13.9. The highest BCUT2D eigenvalue weighted by molar-refractivity contribution is 7.25. The number of benzene rings is 2. The Bertz CT molecular complexity index is 1040. The molecular weight excluding hydrogens is 302 g/mol. The van der Waals surface area contributed by atoms with E-state index in [0.29, 0.717) is 10.2 Å². The molecule has 2 aromatic heterocycles. The third-order valence-corrected chi connectivity index (χ3v) is 4.47. The number of fused-ring (bicyclic) bond motifs is 4. The second-order valence-electron chi connectivity index (χ2n) is 4.59. The molecule has 0 aliphatic carbocycles. The van der Waals surface area contributed by atoms with Gasteiger partial charge in [0.25, 0.3) is 0 Å². The van der Waals surface area contributed by atoms with Gasteiger partial charge in [0, 0.05) is 20.9 Å². The van der Waals surface area contributed by atoms with E-state index in [-0.39, 0.29) is 5.39 Å². The van der Waals surface area contributed by atoms with E-state index < -0.39 is 28.8 Å². The van der Waals surface area contributed by atoms with Crippen LogP contribution < -0.4 is 0 Å². The van der Waals surface area contributed by atoms with Gasteiger partial charge in [0.1, 0.15) is 10.3 Å². The molecule has 0 saturated heterocycles. The van der Waals surface area contributed by atoms with Gasteiger partial charge in [0.05, 0.1) is 0 Å². The van der Waals surface area contributed by atoms with E-state index in [0.717, 1.165) is 10.1 Å². The summed E-state index contributed by atoms with van der Waals surface area (Å²) in [6.07, 6.45) is 0. The van der Waals surface area contributed by atoms with Gasteiger partial charge < -0.3 is 0 Å². The van der Waals surface area contributed by atoms with E-state index in [1.54, 1.807) is 6.07 Å². The Morgan fingerprint density at radius 2 is 1.48 bits per heavy atom. The van der Waals surface area contributed by atoms with Crippen LogP contribution in [0.15, 0.2) is 30.3 Å². The Morgan fingerprint density at radius 3 is 2.29 bits per heavy atom. The van der Waals surface area contributed by atoms with Crippen molar-refractivity contribution in [3.63, 3.8) is 0 Å². The fraction of sp³-hybridized carbons (Fsp3) is 0.